The Morgan fingerprint density at radius 2 is 1.70 bits per heavy atom. The van der Waals surface area contributed by atoms with Crippen molar-refractivity contribution in [3.8, 4) is 0 Å². The van der Waals surface area contributed by atoms with Gasteiger partial charge in [-0.25, -0.2) is 0 Å². The molecule has 2 aromatic carbocycles. The molecule has 23 heavy (non-hydrogen) atoms. The van der Waals surface area contributed by atoms with Crippen LogP contribution in [0.15, 0.2) is 42.5 Å². The van der Waals surface area contributed by atoms with E-state index in [0.717, 1.165) is 23.6 Å². The molecule has 0 saturated heterocycles. The highest BCUT2D eigenvalue weighted by molar-refractivity contribution is 6.30. The van der Waals surface area contributed by atoms with Crippen LogP contribution in [0.5, 0.6) is 0 Å². The second kappa shape index (κ2) is 6.17. The lowest BCUT2D eigenvalue weighted by Crippen LogP contribution is -2.25. The van der Waals surface area contributed by atoms with Gasteiger partial charge in [-0.1, -0.05) is 41.9 Å². The zero-order valence-electron chi connectivity index (χ0n) is 12.6. The van der Waals surface area contributed by atoms with E-state index in [1.807, 2.05) is 31.3 Å². The first-order chi connectivity index (χ1) is 10.9. The van der Waals surface area contributed by atoms with Gasteiger partial charge < -0.3 is 5.32 Å². The minimum atomic E-state index is -4.41. The molecule has 1 nitrogen and oxygen atoms in total. The molecule has 0 fully saturated rings. The summed E-state index contributed by atoms with van der Waals surface area (Å²) in [4.78, 5) is 0. The summed E-state index contributed by atoms with van der Waals surface area (Å²) in [6.45, 7) is 0. The number of hydrogen-bond acceptors (Lipinski definition) is 1. The first kappa shape index (κ1) is 16.3. The highest BCUT2D eigenvalue weighted by Crippen LogP contribution is 2.45. The Kier molecular flexibility index (Phi) is 4.39. The molecule has 0 saturated carbocycles. The standard InChI is InChI=1S/C18H17ClF3N/c1-23-17-9-8-13(12-4-2-3-5-15(12)17)14-7-6-11(19)10-16(14)18(20,21)22/h2-7,10,13,17,23H,8-9H2,1H3. The number of halogens is 4. The van der Waals surface area contributed by atoms with Crippen LogP contribution in [0.3, 0.4) is 0 Å². The summed E-state index contributed by atoms with van der Waals surface area (Å²) >= 11 is 5.80. The Morgan fingerprint density at radius 3 is 2.35 bits per heavy atom. The Morgan fingerprint density at radius 1 is 1.00 bits per heavy atom. The highest BCUT2D eigenvalue weighted by atomic mass is 35.5. The summed E-state index contributed by atoms with van der Waals surface area (Å²) in [6, 6.07) is 12.0. The number of alkyl halides is 3. The van der Waals surface area contributed by atoms with E-state index in [0.29, 0.717) is 12.0 Å². The van der Waals surface area contributed by atoms with Crippen LogP contribution in [-0.4, -0.2) is 7.05 Å². The van der Waals surface area contributed by atoms with Gasteiger partial charge in [0.1, 0.15) is 0 Å². The monoisotopic (exact) mass is 339 g/mol. The van der Waals surface area contributed by atoms with Crippen LogP contribution < -0.4 is 5.32 Å². The largest absolute Gasteiger partial charge is 0.416 e. The number of fused-ring (bicyclic) bond motifs is 1. The third-order valence-electron chi connectivity index (χ3n) is 4.54. The van der Waals surface area contributed by atoms with Gasteiger partial charge in [-0.2, -0.15) is 13.2 Å². The SMILES string of the molecule is CNC1CCC(c2ccc(Cl)cc2C(F)(F)F)c2ccccc21. The number of benzene rings is 2. The normalized spacial score (nSPS) is 21.1. The summed E-state index contributed by atoms with van der Waals surface area (Å²) in [7, 11) is 1.88. The van der Waals surface area contributed by atoms with Crippen molar-refractivity contribution in [2.24, 2.45) is 0 Å². The van der Waals surface area contributed by atoms with E-state index in [4.69, 9.17) is 11.6 Å². The van der Waals surface area contributed by atoms with Crippen LogP contribution in [0.25, 0.3) is 0 Å². The third-order valence-corrected chi connectivity index (χ3v) is 4.77. The van der Waals surface area contributed by atoms with Gasteiger partial charge in [0.15, 0.2) is 0 Å². The molecular formula is C18H17ClF3N. The highest BCUT2D eigenvalue weighted by Gasteiger charge is 2.37. The van der Waals surface area contributed by atoms with Crippen molar-refractivity contribution >= 4 is 11.6 Å². The fourth-order valence-corrected chi connectivity index (χ4v) is 3.66. The van der Waals surface area contributed by atoms with Gasteiger partial charge in [-0.3, -0.25) is 0 Å². The van der Waals surface area contributed by atoms with Gasteiger partial charge in [0.2, 0.25) is 0 Å². The summed E-state index contributed by atoms with van der Waals surface area (Å²) < 4.78 is 40.3. The zero-order valence-corrected chi connectivity index (χ0v) is 13.4. The van der Waals surface area contributed by atoms with E-state index in [9.17, 15) is 13.2 Å². The third kappa shape index (κ3) is 3.10. The Labute approximate surface area is 138 Å². The van der Waals surface area contributed by atoms with E-state index >= 15 is 0 Å². The van der Waals surface area contributed by atoms with Crippen molar-refractivity contribution in [3.05, 3.63) is 69.7 Å². The maximum absolute atomic E-state index is 13.4. The number of hydrogen-bond donors (Lipinski definition) is 1. The van der Waals surface area contributed by atoms with E-state index in [1.165, 1.54) is 6.07 Å². The molecule has 1 aliphatic carbocycles. The fourth-order valence-electron chi connectivity index (χ4n) is 3.49. The van der Waals surface area contributed by atoms with Crippen molar-refractivity contribution in [1.29, 1.82) is 0 Å². The second-order valence-electron chi connectivity index (χ2n) is 5.83. The van der Waals surface area contributed by atoms with Crippen LogP contribution in [-0.2, 0) is 6.18 Å². The van der Waals surface area contributed by atoms with Gasteiger partial charge >= 0.3 is 6.18 Å². The van der Waals surface area contributed by atoms with E-state index in [-0.39, 0.29) is 17.0 Å². The molecule has 2 aromatic rings. The molecule has 0 aromatic heterocycles. The average molecular weight is 340 g/mol. The van der Waals surface area contributed by atoms with Crippen LogP contribution in [0.1, 0.15) is 47.1 Å². The molecular weight excluding hydrogens is 323 g/mol. The Hall–Kier alpha value is -1.52. The van der Waals surface area contributed by atoms with Crippen molar-refractivity contribution < 1.29 is 13.2 Å². The Balaban J connectivity index is 2.13. The van der Waals surface area contributed by atoms with E-state index in [2.05, 4.69) is 5.32 Å². The van der Waals surface area contributed by atoms with Crippen molar-refractivity contribution in [1.82, 2.24) is 5.32 Å². The summed E-state index contributed by atoms with van der Waals surface area (Å²) in [5.74, 6) is -0.260. The Bertz CT molecular complexity index is 712. The van der Waals surface area contributed by atoms with Crippen molar-refractivity contribution in [2.45, 2.75) is 31.0 Å². The molecule has 122 valence electrons. The van der Waals surface area contributed by atoms with Crippen molar-refractivity contribution in [2.75, 3.05) is 7.05 Å². The second-order valence-corrected chi connectivity index (χ2v) is 6.27. The van der Waals surface area contributed by atoms with Crippen LogP contribution in [0, 0.1) is 0 Å². The van der Waals surface area contributed by atoms with Crippen LogP contribution in [0.2, 0.25) is 5.02 Å². The minimum Gasteiger partial charge on any atom is -0.313 e. The number of rotatable bonds is 2. The van der Waals surface area contributed by atoms with Crippen LogP contribution in [0.4, 0.5) is 13.2 Å². The lowest BCUT2D eigenvalue weighted by Gasteiger charge is -2.33. The molecule has 0 bridgehead atoms. The predicted molar refractivity (Wildman–Crippen MR) is 85.8 cm³/mol. The fraction of sp³-hybridized carbons (Fsp3) is 0.333. The molecule has 0 heterocycles. The predicted octanol–water partition coefficient (Wildman–Crippen LogP) is 5.55. The maximum Gasteiger partial charge on any atom is 0.416 e. The summed E-state index contributed by atoms with van der Waals surface area (Å²) in [5.41, 5.74) is 1.72. The van der Waals surface area contributed by atoms with Gasteiger partial charge in [0, 0.05) is 17.0 Å². The van der Waals surface area contributed by atoms with Crippen molar-refractivity contribution in [3.63, 3.8) is 0 Å². The average Bonchev–Trinajstić information content (AvgIpc) is 2.53. The zero-order chi connectivity index (χ0) is 16.6. The molecule has 2 atom stereocenters. The lowest BCUT2D eigenvalue weighted by atomic mass is 9.75. The smallest absolute Gasteiger partial charge is 0.313 e. The first-order valence-electron chi connectivity index (χ1n) is 7.54. The molecule has 2 unspecified atom stereocenters. The lowest BCUT2D eigenvalue weighted by molar-refractivity contribution is -0.138. The topological polar surface area (TPSA) is 12.0 Å². The van der Waals surface area contributed by atoms with E-state index in [1.54, 1.807) is 6.07 Å². The van der Waals surface area contributed by atoms with Crippen LogP contribution >= 0.6 is 11.6 Å². The maximum atomic E-state index is 13.4. The summed E-state index contributed by atoms with van der Waals surface area (Å²) in [5, 5.41) is 3.35. The van der Waals surface area contributed by atoms with Gasteiger partial charge in [-0.05, 0) is 48.7 Å². The molecule has 0 amide bonds. The number of nitrogens with one attached hydrogen (secondary N) is 1. The molecule has 0 aliphatic heterocycles. The van der Waals surface area contributed by atoms with Gasteiger partial charge in [0.05, 0.1) is 5.56 Å². The first-order valence-corrected chi connectivity index (χ1v) is 7.92. The molecule has 0 radical (unpaired) electrons. The molecule has 3 rings (SSSR count). The molecule has 1 N–H and O–H groups in total. The van der Waals surface area contributed by atoms with E-state index < -0.39 is 11.7 Å². The molecule has 0 spiro atoms. The van der Waals surface area contributed by atoms with Gasteiger partial charge in [-0.15, -0.1) is 0 Å². The summed E-state index contributed by atoms with van der Waals surface area (Å²) in [6.07, 6.45) is -2.93. The molecule has 5 heteroatoms. The quantitative estimate of drug-likeness (QED) is 0.757. The van der Waals surface area contributed by atoms with Gasteiger partial charge in [0.25, 0.3) is 0 Å². The minimum absolute atomic E-state index is 0.110. The molecule has 1 aliphatic rings.